The number of carbonyl (C=O) groups excluding carboxylic acids is 1. The van der Waals surface area contributed by atoms with Gasteiger partial charge in [-0.1, -0.05) is 14.9 Å². The van der Waals surface area contributed by atoms with Crippen molar-refractivity contribution in [1.82, 2.24) is 0 Å². The van der Waals surface area contributed by atoms with Gasteiger partial charge in [0.1, 0.15) is 11.4 Å². The van der Waals surface area contributed by atoms with Gasteiger partial charge >= 0.3 is 74.8 Å². The molecular formula is C14H18BF4KO5S. The number of benzene rings is 1. The van der Waals surface area contributed by atoms with Crippen molar-refractivity contribution in [3.8, 4) is 5.75 Å². The molecule has 0 spiro atoms. The van der Waals surface area contributed by atoms with Crippen molar-refractivity contribution in [3.05, 3.63) is 22.3 Å². The SMILES string of the molecule is Cc1c(OS(=O)(=O)F)c(C)c([B-](F)(F)F)c(C)c1C(=O)OC(C)(C)C.[K+]. The Hall–Kier alpha value is -0.139. The predicted molar refractivity (Wildman–Crippen MR) is 85.2 cm³/mol. The van der Waals surface area contributed by atoms with Crippen molar-refractivity contribution < 1.29 is 90.3 Å². The summed E-state index contributed by atoms with van der Waals surface area (Å²) in [7, 11) is -5.59. The van der Waals surface area contributed by atoms with Gasteiger partial charge in [-0.25, -0.2) is 4.79 Å². The normalized spacial score (nSPS) is 12.4. The number of rotatable bonds is 4. The summed E-state index contributed by atoms with van der Waals surface area (Å²) in [6, 6.07) is 0. The Kier molecular flexibility index (Phi) is 8.43. The maximum Gasteiger partial charge on any atom is 1.00 e. The quantitative estimate of drug-likeness (QED) is 0.300. The van der Waals surface area contributed by atoms with Gasteiger partial charge < -0.3 is 21.9 Å². The van der Waals surface area contributed by atoms with Crippen LogP contribution in [0.2, 0.25) is 0 Å². The molecule has 0 radical (unpaired) electrons. The van der Waals surface area contributed by atoms with Crippen molar-refractivity contribution in [2.45, 2.75) is 47.1 Å². The van der Waals surface area contributed by atoms with E-state index in [0.717, 1.165) is 20.8 Å². The van der Waals surface area contributed by atoms with Crippen LogP contribution in [0, 0.1) is 20.8 Å². The Labute approximate surface area is 192 Å². The second-order valence-corrected chi connectivity index (χ2v) is 7.50. The minimum atomic E-state index is -5.63. The Morgan fingerprint density at radius 1 is 1.00 bits per heavy atom. The molecule has 0 fully saturated rings. The van der Waals surface area contributed by atoms with Crippen LogP contribution in [0.1, 0.15) is 47.8 Å². The zero-order valence-corrected chi connectivity index (χ0v) is 19.5. The van der Waals surface area contributed by atoms with Crippen LogP contribution in [0.5, 0.6) is 5.75 Å². The van der Waals surface area contributed by atoms with Crippen molar-refractivity contribution >= 4 is 28.9 Å². The van der Waals surface area contributed by atoms with Gasteiger partial charge in [-0.3, -0.25) is 0 Å². The molecule has 0 aliphatic heterocycles. The summed E-state index contributed by atoms with van der Waals surface area (Å²) in [5.74, 6) is -1.96. The molecule has 0 saturated heterocycles. The molecule has 1 aromatic carbocycles. The van der Waals surface area contributed by atoms with E-state index in [1.54, 1.807) is 0 Å². The third kappa shape index (κ3) is 6.48. The van der Waals surface area contributed by atoms with Crippen LogP contribution in [0.15, 0.2) is 0 Å². The van der Waals surface area contributed by atoms with Crippen LogP contribution in [-0.4, -0.2) is 27.0 Å². The molecule has 0 aromatic heterocycles. The molecule has 0 atom stereocenters. The second-order valence-electron chi connectivity index (χ2n) is 6.55. The summed E-state index contributed by atoms with van der Waals surface area (Å²) >= 11 is 0. The first-order valence-electron chi connectivity index (χ1n) is 7.16. The van der Waals surface area contributed by atoms with Gasteiger partial charge in [0.25, 0.3) is 0 Å². The first kappa shape index (κ1) is 25.9. The van der Waals surface area contributed by atoms with Crippen LogP contribution >= 0.6 is 0 Å². The largest absolute Gasteiger partial charge is 1.00 e. The molecule has 12 heteroatoms. The molecule has 0 N–H and O–H groups in total. The zero-order valence-electron chi connectivity index (χ0n) is 15.5. The van der Waals surface area contributed by atoms with Gasteiger partial charge in [-0.05, 0) is 47.1 Å². The second kappa shape index (κ2) is 8.48. The summed E-state index contributed by atoms with van der Waals surface area (Å²) in [5, 5.41) is 0. The smallest absolute Gasteiger partial charge is 0.456 e. The predicted octanol–water partition coefficient (Wildman–Crippen LogP) is 0.219. The summed E-state index contributed by atoms with van der Waals surface area (Å²) in [4.78, 5) is 12.3. The van der Waals surface area contributed by atoms with Gasteiger partial charge in [-0.15, -0.1) is 0 Å². The van der Waals surface area contributed by atoms with Crippen LogP contribution in [0.4, 0.5) is 16.8 Å². The third-order valence-corrected chi connectivity index (χ3v) is 3.72. The number of esters is 1. The molecule has 0 unspecified atom stereocenters. The number of hydrogen-bond donors (Lipinski definition) is 0. The zero-order chi connectivity index (χ0) is 20.0. The number of hydrogen-bond acceptors (Lipinski definition) is 5. The summed E-state index contributed by atoms with van der Waals surface area (Å²) in [5.41, 5.74) is -4.03. The standard InChI is InChI=1S/C14H18BF4O5S.K/c1-7-10(13(20)23-14(4,5)6)8(2)12(24-25(19,21)22)9(3)11(7)15(16,17)18;/h1-6H3;/q-1;+1. The fourth-order valence-electron chi connectivity index (χ4n) is 2.57. The van der Waals surface area contributed by atoms with E-state index < -0.39 is 57.0 Å². The van der Waals surface area contributed by atoms with Gasteiger partial charge in [0.15, 0.2) is 0 Å². The number of carbonyl (C=O) groups is 1. The molecule has 1 aromatic rings. The monoisotopic (exact) mass is 424 g/mol. The molecular weight excluding hydrogens is 406 g/mol. The first-order chi connectivity index (χ1) is 11.0. The average molecular weight is 424 g/mol. The molecule has 26 heavy (non-hydrogen) atoms. The Balaban J connectivity index is 0.00000625. The number of halogens is 4. The van der Waals surface area contributed by atoms with Crippen LogP contribution in [0.3, 0.4) is 0 Å². The van der Waals surface area contributed by atoms with E-state index in [4.69, 9.17) is 4.74 Å². The summed E-state index contributed by atoms with van der Waals surface area (Å²) < 4.78 is 84.0. The van der Waals surface area contributed by atoms with E-state index in [0.29, 0.717) is 0 Å². The molecule has 0 aliphatic rings. The molecule has 0 saturated carbocycles. The topological polar surface area (TPSA) is 69.7 Å². The maximum absolute atomic E-state index is 13.4. The molecule has 5 nitrogen and oxygen atoms in total. The minimum Gasteiger partial charge on any atom is -0.456 e. The van der Waals surface area contributed by atoms with E-state index in [2.05, 4.69) is 4.18 Å². The molecule has 0 aliphatic carbocycles. The first-order valence-corrected chi connectivity index (χ1v) is 8.47. The minimum absolute atomic E-state index is 0. The van der Waals surface area contributed by atoms with Crippen LogP contribution in [0.25, 0.3) is 0 Å². The Morgan fingerprint density at radius 2 is 1.46 bits per heavy atom. The van der Waals surface area contributed by atoms with Gasteiger partial charge in [0, 0.05) is 5.56 Å². The summed E-state index contributed by atoms with van der Waals surface area (Å²) in [6.45, 7) is 2.09. The van der Waals surface area contributed by atoms with Crippen molar-refractivity contribution in [2.75, 3.05) is 0 Å². The fourth-order valence-corrected chi connectivity index (χ4v) is 3.01. The Bertz CT molecular complexity index is 816. The van der Waals surface area contributed by atoms with E-state index in [-0.39, 0.29) is 56.9 Å². The molecule has 1 rings (SSSR count). The fraction of sp³-hybridized carbons (Fsp3) is 0.500. The van der Waals surface area contributed by atoms with Crippen molar-refractivity contribution in [1.29, 1.82) is 0 Å². The van der Waals surface area contributed by atoms with E-state index in [1.807, 2.05) is 0 Å². The van der Waals surface area contributed by atoms with Crippen molar-refractivity contribution in [3.63, 3.8) is 0 Å². The van der Waals surface area contributed by atoms with Crippen LogP contribution in [-0.2, 0) is 15.2 Å². The number of ether oxygens (including phenoxy) is 1. The van der Waals surface area contributed by atoms with E-state index in [1.165, 1.54) is 20.8 Å². The third-order valence-electron chi connectivity index (χ3n) is 3.35. The van der Waals surface area contributed by atoms with E-state index >= 15 is 0 Å². The van der Waals surface area contributed by atoms with Gasteiger partial charge in [0.2, 0.25) is 0 Å². The Morgan fingerprint density at radius 3 is 1.81 bits per heavy atom. The summed E-state index contributed by atoms with van der Waals surface area (Å²) in [6.07, 6.45) is 0. The molecule has 0 bridgehead atoms. The van der Waals surface area contributed by atoms with E-state index in [9.17, 15) is 30.0 Å². The van der Waals surface area contributed by atoms with Gasteiger partial charge in [-0.2, -0.15) is 8.42 Å². The average Bonchev–Trinajstić information content (AvgIpc) is 2.29. The maximum atomic E-state index is 13.4. The molecule has 0 heterocycles. The molecule has 0 amide bonds. The molecule has 142 valence electrons. The van der Waals surface area contributed by atoms with Crippen molar-refractivity contribution in [2.24, 2.45) is 0 Å². The van der Waals surface area contributed by atoms with Gasteiger partial charge in [0.05, 0.1) is 5.56 Å². The van der Waals surface area contributed by atoms with Crippen LogP contribution < -0.4 is 61.0 Å².